The third-order valence-corrected chi connectivity index (χ3v) is 6.42. The summed E-state index contributed by atoms with van der Waals surface area (Å²) < 4.78 is 2.41. The van der Waals surface area contributed by atoms with Gasteiger partial charge in [-0.15, -0.1) is 0 Å². The van der Waals surface area contributed by atoms with E-state index in [0.717, 1.165) is 68.2 Å². The minimum Gasteiger partial charge on any atom is -0.368 e. The molecule has 3 N–H and O–H groups in total. The van der Waals surface area contributed by atoms with Crippen LogP contribution in [0.25, 0.3) is 11.0 Å². The van der Waals surface area contributed by atoms with Crippen LogP contribution >= 0.6 is 0 Å². The summed E-state index contributed by atoms with van der Waals surface area (Å²) in [6, 6.07) is 6.74. The molecule has 0 aliphatic carbocycles. The van der Waals surface area contributed by atoms with Crippen molar-refractivity contribution >= 4 is 28.5 Å². The Balaban J connectivity index is 1.40. The molecule has 2 atom stereocenters. The van der Waals surface area contributed by atoms with Crippen LogP contribution in [0.4, 0.5) is 17.5 Å². The van der Waals surface area contributed by atoms with E-state index in [2.05, 4.69) is 61.4 Å². The molecule has 2 aliphatic rings. The summed E-state index contributed by atoms with van der Waals surface area (Å²) >= 11 is 0. The molecule has 5 heterocycles. The van der Waals surface area contributed by atoms with Crippen LogP contribution in [-0.4, -0.2) is 52.2 Å². The quantitative estimate of drug-likeness (QED) is 0.601. The summed E-state index contributed by atoms with van der Waals surface area (Å²) in [6.45, 7) is 10.5. The standard InChI is InChI=1S/C22H30N8/c1-3-15(2)19-14-24-12-18-10-16-11-26-22(28-21(16)30(18)19)27-20-5-4-17(13-25-20)29-8-6-23-7-9-29/h4-5,10-11,13,15,19,23-24H,3,6-9,12,14H2,1-2H3,(H,25,26,27,28)/t15?,19-/m1/s1. The Morgan fingerprint density at radius 2 is 2.03 bits per heavy atom. The number of aromatic nitrogens is 4. The molecule has 8 heteroatoms. The molecule has 0 bridgehead atoms. The first-order chi connectivity index (χ1) is 14.7. The number of nitrogens with one attached hydrogen (secondary N) is 3. The first-order valence-corrected chi connectivity index (χ1v) is 11.0. The van der Waals surface area contributed by atoms with Crippen LogP contribution in [0.5, 0.6) is 0 Å². The van der Waals surface area contributed by atoms with Gasteiger partial charge in [0.25, 0.3) is 0 Å². The van der Waals surface area contributed by atoms with Gasteiger partial charge in [0.05, 0.1) is 17.9 Å². The van der Waals surface area contributed by atoms with Gasteiger partial charge in [0, 0.05) is 56.5 Å². The number of piperazine rings is 1. The van der Waals surface area contributed by atoms with Crippen LogP contribution in [0.1, 0.15) is 32.0 Å². The van der Waals surface area contributed by atoms with E-state index in [9.17, 15) is 0 Å². The zero-order chi connectivity index (χ0) is 20.5. The van der Waals surface area contributed by atoms with Gasteiger partial charge < -0.3 is 25.4 Å². The summed E-state index contributed by atoms with van der Waals surface area (Å²) in [4.78, 5) is 16.4. The lowest BCUT2D eigenvalue weighted by Gasteiger charge is -2.31. The Hall–Kier alpha value is -2.71. The van der Waals surface area contributed by atoms with Crippen molar-refractivity contribution in [3.05, 3.63) is 36.3 Å². The summed E-state index contributed by atoms with van der Waals surface area (Å²) in [5.74, 6) is 1.93. The highest BCUT2D eigenvalue weighted by Crippen LogP contribution is 2.31. The largest absolute Gasteiger partial charge is 0.368 e. The number of hydrogen-bond donors (Lipinski definition) is 3. The molecule has 0 aromatic carbocycles. The number of fused-ring (bicyclic) bond motifs is 3. The summed E-state index contributed by atoms with van der Waals surface area (Å²) in [5.41, 5.74) is 3.45. The average Bonchev–Trinajstić information content (AvgIpc) is 3.18. The van der Waals surface area contributed by atoms with E-state index >= 15 is 0 Å². The predicted octanol–water partition coefficient (Wildman–Crippen LogP) is 2.67. The molecule has 0 radical (unpaired) electrons. The minimum atomic E-state index is 0.412. The number of pyridine rings is 1. The third-order valence-electron chi connectivity index (χ3n) is 6.42. The Kier molecular flexibility index (Phi) is 5.26. The van der Waals surface area contributed by atoms with Crippen LogP contribution in [0.3, 0.4) is 0 Å². The Labute approximate surface area is 177 Å². The molecule has 5 rings (SSSR count). The van der Waals surface area contributed by atoms with Crippen molar-refractivity contribution in [3.63, 3.8) is 0 Å². The second-order valence-corrected chi connectivity index (χ2v) is 8.33. The number of hydrogen-bond acceptors (Lipinski definition) is 7. The van der Waals surface area contributed by atoms with Crippen LogP contribution in [0.2, 0.25) is 0 Å². The summed E-state index contributed by atoms with van der Waals surface area (Å²) in [7, 11) is 0. The van der Waals surface area contributed by atoms with Crippen LogP contribution < -0.4 is 20.9 Å². The fourth-order valence-corrected chi connectivity index (χ4v) is 4.48. The van der Waals surface area contributed by atoms with Gasteiger partial charge in [0.15, 0.2) is 0 Å². The van der Waals surface area contributed by atoms with Gasteiger partial charge in [0.2, 0.25) is 5.95 Å². The Morgan fingerprint density at radius 1 is 1.17 bits per heavy atom. The maximum absolute atomic E-state index is 4.88. The van der Waals surface area contributed by atoms with Gasteiger partial charge in [0.1, 0.15) is 11.5 Å². The van der Waals surface area contributed by atoms with E-state index in [1.807, 2.05) is 18.5 Å². The molecule has 0 spiro atoms. The summed E-state index contributed by atoms with van der Waals surface area (Å²) in [6.07, 6.45) is 4.99. The van der Waals surface area contributed by atoms with Crippen LogP contribution in [0.15, 0.2) is 30.6 Å². The van der Waals surface area contributed by atoms with Crippen molar-refractivity contribution < 1.29 is 0 Å². The number of anilines is 3. The van der Waals surface area contributed by atoms with E-state index in [-0.39, 0.29) is 0 Å². The molecule has 30 heavy (non-hydrogen) atoms. The maximum atomic E-state index is 4.88. The molecule has 1 unspecified atom stereocenters. The monoisotopic (exact) mass is 406 g/mol. The first kappa shape index (κ1) is 19.3. The second-order valence-electron chi connectivity index (χ2n) is 8.33. The SMILES string of the molecule is CCC(C)[C@H]1CNCc2cc3cnc(Nc4ccc(N5CCNCC5)cn4)nc3n21. The highest BCUT2D eigenvalue weighted by atomic mass is 15.2. The molecule has 1 saturated heterocycles. The van der Waals surface area contributed by atoms with Gasteiger partial charge in [-0.1, -0.05) is 20.3 Å². The molecule has 0 saturated carbocycles. The molecule has 3 aromatic rings. The van der Waals surface area contributed by atoms with Gasteiger partial charge in [-0.25, -0.2) is 9.97 Å². The fourth-order valence-electron chi connectivity index (χ4n) is 4.48. The zero-order valence-electron chi connectivity index (χ0n) is 17.7. The highest BCUT2D eigenvalue weighted by molar-refractivity contribution is 5.78. The lowest BCUT2D eigenvalue weighted by molar-refractivity contribution is 0.301. The van der Waals surface area contributed by atoms with E-state index in [0.29, 0.717) is 17.9 Å². The van der Waals surface area contributed by atoms with E-state index in [1.165, 1.54) is 5.69 Å². The van der Waals surface area contributed by atoms with Gasteiger partial charge in [-0.2, -0.15) is 4.98 Å². The molecule has 0 amide bonds. The highest BCUT2D eigenvalue weighted by Gasteiger charge is 2.26. The van der Waals surface area contributed by atoms with Crippen molar-refractivity contribution in [2.24, 2.45) is 5.92 Å². The average molecular weight is 407 g/mol. The molecule has 3 aromatic heterocycles. The van der Waals surface area contributed by atoms with Gasteiger partial charge in [-0.3, -0.25) is 0 Å². The zero-order valence-corrected chi connectivity index (χ0v) is 17.7. The lowest BCUT2D eigenvalue weighted by Crippen LogP contribution is -2.43. The predicted molar refractivity (Wildman–Crippen MR) is 120 cm³/mol. The smallest absolute Gasteiger partial charge is 0.230 e. The van der Waals surface area contributed by atoms with Crippen molar-refractivity contribution in [1.29, 1.82) is 0 Å². The van der Waals surface area contributed by atoms with Crippen molar-refractivity contribution in [1.82, 2.24) is 30.2 Å². The van der Waals surface area contributed by atoms with Crippen molar-refractivity contribution in [2.45, 2.75) is 32.9 Å². The second kappa shape index (κ2) is 8.20. The van der Waals surface area contributed by atoms with E-state index in [4.69, 9.17) is 4.98 Å². The van der Waals surface area contributed by atoms with Crippen molar-refractivity contribution in [2.75, 3.05) is 42.9 Å². The van der Waals surface area contributed by atoms with Crippen LogP contribution in [-0.2, 0) is 6.54 Å². The molecule has 158 valence electrons. The minimum absolute atomic E-state index is 0.412. The molecular weight excluding hydrogens is 376 g/mol. The van der Waals surface area contributed by atoms with Crippen molar-refractivity contribution in [3.8, 4) is 0 Å². The molecule has 1 fully saturated rings. The molecule has 2 aliphatic heterocycles. The maximum Gasteiger partial charge on any atom is 0.230 e. The Morgan fingerprint density at radius 3 is 2.80 bits per heavy atom. The summed E-state index contributed by atoms with van der Waals surface area (Å²) in [5, 5.41) is 11.3. The number of rotatable bonds is 5. The van der Waals surface area contributed by atoms with Gasteiger partial charge in [-0.05, 0) is 24.1 Å². The molecular formula is C22H30N8. The van der Waals surface area contributed by atoms with E-state index in [1.54, 1.807) is 0 Å². The van der Waals surface area contributed by atoms with Gasteiger partial charge >= 0.3 is 0 Å². The lowest BCUT2D eigenvalue weighted by atomic mass is 9.97. The Bertz CT molecular complexity index is 1010. The van der Waals surface area contributed by atoms with Crippen LogP contribution in [0, 0.1) is 5.92 Å². The number of nitrogens with zero attached hydrogens (tertiary/aromatic N) is 5. The normalized spacial score (nSPS) is 20.2. The fraction of sp³-hybridized carbons (Fsp3) is 0.500. The third kappa shape index (κ3) is 3.61. The topological polar surface area (TPSA) is 82.9 Å². The first-order valence-electron chi connectivity index (χ1n) is 11.0. The molecule has 8 nitrogen and oxygen atoms in total. The van der Waals surface area contributed by atoms with E-state index < -0.39 is 0 Å².